The first-order valence-corrected chi connectivity index (χ1v) is 5.20. The number of para-hydroxylation sites is 1. The molecule has 1 aromatic heterocycles. The molecule has 90 valence electrons. The molecule has 4 nitrogen and oxygen atoms in total. The summed E-state index contributed by atoms with van der Waals surface area (Å²) in [5, 5.41) is 10.2. The molecule has 0 aliphatic rings. The average Bonchev–Trinajstić information content (AvgIpc) is 2.90. The lowest BCUT2D eigenvalue weighted by molar-refractivity contribution is 0.184. The van der Waals surface area contributed by atoms with Crippen molar-refractivity contribution in [1.82, 2.24) is 0 Å². The van der Waals surface area contributed by atoms with E-state index in [0.717, 1.165) is 0 Å². The maximum atomic E-state index is 10.2. The van der Waals surface area contributed by atoms with Gasteiger partial charge in [0.1, 0.15) is 11.9 Å². The van der Waals surface area contributed by atoms with Crippen molar-refractivity contribution >= 4 is 0 Å². The summed E-state index contributed by atoms with van der Waals surface area (Å²) in [5.74, 6) is 1.56. The van der Waals surface area contributed by atoms with Gasteiger partial charge in [-0.05, 0) is 18.2 Å². The van der Waals surface area contributed by atoms with Crippen LogP contribution in [0.4, 0.5) is 0 Å². The van der Waals surface area contributed by atoms with Crippen LogP contribution in [0.3, 0.4) is 0 Å². The summed E-state index contributed by atoms with van der Waals surface area (Å²) in [4.78, 5) is 0. The Balaban J connectivity index is 2.44. The monoisotopic (exact) mass is 234 g/mol. The van der Waals surface area contributed by atoms with Crippen LogP contribution in [-0.4, -0.2) is 19.3 Å². The molecule has 0 bridgehead atoms. The van der Waals surface area contributed by atoms with Crippen molar-refractivity contribution in [3.63, 3.8) is 0 Å². The van der Waals surface area contributed by atoms with Gasteiger partial charge in [0.25, 0.3) is 0 Å². The van der Waals surface area contributed by atoms with Crippen LogP contribution in [0, 0.1) is 0 Å². The molecule has 0 amide bonds. The molecule has 2 aromatic rings. The van der Waals surface area contributed by atoms with Crippen LogP contribution in [0.5, 0.6) is 11.5 Å². The van der Waals surface area contributed by atoms with Crippen molar-refractivity contribution in [1.29, 1.82) is 0 Å². The second-order valence-electron chi connectivity index (χ2n) is 3.50. The summed E-state index contributed by atoms with van der Waals surface area (Å²) < 4.78 is 15.6. The molecule has 1 aromatic carbocycles. The van der Waals surface area contributed by atoms with Crippen LogP contribution in [0.25, 0.3) is 0 Å². The lowest BCUT2D eigenvalue weighted by atomic mass is 10.1. The van der Waals surface area contributed by atoms with Crippen molar-refractivity contribution in [2.24, 2.45) is 0 Å². The van der Waals surface area contributed by atoms with Gasteiger partial charge in [-0.25, -0.2) is 0 Å². The van der Waals surface area contributed by atoms with E-state index in [-0.39, 0.29) is 0 Å². The normalized spacial score (nSPS) is 12.2. The van der Waals surface area contributed by atoms with E-state index < -0.39 is 6.10 Å². The molecular weight excluding hydrogens is 220 g/mol. The van der Waals surface area contributed by atoms with E-state index in [9.17, 15) is 5.11 Å². The maximum absolute atomic E-state index is 10.2. The lowest BCUT2D eigenvalue weighted by Crippen LogP contribution is -2.02. The number of aliphatic hydroxyl groups excluding tert-OH is 1. The first kappa shape index (κ1) is 11.5. The van der Waals surface area contributed by atoms with Crippen molar-refractivity contribution in [3.8, 4) is 11.5 Å². The Morgan fingerprint density at radius 1 is 1.12 bits per heavy atom. The Kier molecular flexibility index (Phi) is 3.35. The highest BCUT2D eigenvalue weighted by Crippen LogP contribution is 2.36. The van der Waals surface area contributed by atoms with Gasteiger partial charge in [-0.2, -0.15) is 0 Å². The highest BCUT2D eigenvalue weighted by Gasteiger charge is 2.20. The fourth-order valence-corrected chi connectivity index (χ4v) is 1.73. The van der Waals surface area contributed by atoms with E-state index in [0.29, 0.717) is 22.8 Å². The van der Waals surface area contributed by atoms with Crippen molar-refractivity contribution in [2.45, 2.75) is 6.10 Å². The molecule has 0 aliphatic heterocycles. The maximum Gasteiger partial charge on any atom is 0.166 e. The number of hydrogen-bond donors (Lipinski definition) is 1. The molecule has 0 spiro atoms. The quantitative estimate of drug-likeness (QED) is 0.882. The molecule has 2 rings (SSSR count). The van der Waals surface area contributed by atoms with E-state index >= 15 is 0 Å². The van der Waals surface area contributed by atoms with Crippen LogP contribution in [-0.2, 0) is 0 Å². The standard InChI is InChI=1S/C13H14O4/c1-15-11-6-3-5-9(13(11)16-2)12(14)10-7-4-8-17-10/h3-8,12,14H,1-2H3. The van der Waals surface area contributed by atoms with E-state index in [2.05, 4.69) is 0 Å². The topological polar surface area (TPSA) is 51.8 Å². The molecule has 1 heterocycles. The smallest absolute Gasteiger partial charge is 0.166 e. The minimum absolute atomic E-state index is 0.469. The van der Waals surface area contributed by atoms with Crippen LogP contribution in [0.15, 0.2) is 41.0 Å². The molecule has 0 saturated carbocycles. The molecular formula is C13H14O4. The van der Waals surface area contributed by atoms with E-state index in [4.69, 9.17) is 13.9 Å². The molecule has 0 fully saturated rings. The van der Waals surface area contributed by atoms with Gasteiger partial charge in [0.15, 0.2) is 11.5 Å². The van der Waals surface area contributed by atoms with Gasteiger partial charge in [0.2, 0.25) is 0 Å². The highest BCUT2D eigenvalue weighted by molar-refractivity contribution is 5.49. The Bertz CT molecular complexity index is 476. The van der Waals surface area contributed by atoms with E-state index in [1.165, 1.54) is 13.4 Å². The third kappa shape index (κ3) is 2.12. The van der Waals surface area contributed by atoms with Crippen molar-refractivity contribution < 1.29 is 19.0 Å². The van der Waals surface area contributed by atoms with Crippen LogP contribution in [0.2, 0.25) is 0 Å². The van der Waals surface area contributed by atoms with Gasteiger partial charge in [-0.1, -0.05) is 12.1 Å². The molecule has 1 unspecified atom stereocenters. The SMILES string of the molecule is COc1cccc(C(O)c2ccco2)c1OC. The fourth-order valence-electron chi connectivity index (χ4n) is 1.73. The van der Waals surface area contributed by atoms with E-state index in [1.807, 2.05) is 0 Å². The van der Waals surface area contributed by atoms with Gasteiger partial charge in [0, 0.05) is 5.56 Å². The number of rotatable bonds is 4. The number of aliphatic hydroxyl groups is 1. The summed E-state index contributed by atoms with van der Waals surface area (Å²) in [7, 11) is 3.09. The van der Waals surface area contributed by atoms with E-state index in [1.54, 1.807) is 37.4 Å². The van der Waals surface area contributed by atoms with Crippen LogP contribution >= 0.6 is 0 Å². The molecule has 17 heavy (non-hydrogen) atoms. The zero-order chi connectivity index (χ0) is 12.3. The summed E-state index contributed by atoms with van der Waals surface area (Å²) in [6, 6.07) is 8.78. The molecule has 1 N–H and O–H groups in total. The lowest BCUT2D eigenvalue weighted by Gasteiger charge is -2.15. The second-order valence-corrected chi connectivity index (χ2v) is 3.50. The van der Waals surface area contributed by atoms with Crippen LogP contribution < -0.4 is 9.47 Å². The second kappa shape index (κ2) is 4.93. The van der Waals surface area contributed by atoms with Gasteiger partial charge in [0.05, 0.1) is 20.5 Å². The number of methoxy groups -OCH3 is 2. The summed E-state index contributed by atoms with van der Waals surface area (Å²) >= 11 is 0. The Hall–Kier alpha value is -1.94. The van der Waals surface area contributed by atoms with Gasteiger partial charge in [-0.15, -0.1) is 0 Å². The van der Waals surface area contributed by atoms with Gasteiger partial charge in [-0.3, -0.25) is 0 Å². The molecule has 0 aliphatic carbocycles. The number of furan rings is 1. The molecule has 1 atom stereocenters. The summed E-state index contributed by atoms with van der Waals surface area (Å²) in [5.41, 5.74) is 0.613. The fraction of sp³-hybridized carbons (Fsp3) is 0.231. The number of benzene rings is 1. The van der Waals surface area contributed by atoms with Crippen molar-refractivity contribution in [2.75, 3.05) is 14.2 Å². The average molecular weight is 234 g/mol. The van der Waals surface area contributed by atoms with Gasteiger partial charge >= 0.3 is 0 Å². The first-order valence-electron chi connectivity index (χ1n) is 5.20. The Labute approximate surface area is 99.4 Å². The third-order valence-corrected chi connectivity index (χ3v) is 2.54. The Morgan fingerprint density at radius 3 is 2.53 bits per heavy atom. The Morgan fingerprint density at radius 2 is 1.94 bits per heavy atom. The third-order valence-electron chi connectivity index (χ3n) is 2.54. The van der Waals surface area contributed by atoms with Crippen LogP contribution in [0.1, 0.15) is 17.4 Å². The predicted molar refractivity (Wildman–Crippen MR) is 62.3 cm³/mol. The number of ether oxygens (including phenoxy) is 2. The summed E-state index contributed by atoms with van der Waals surface area (Å²) in [6.45, 7) is 0. The minimum Gasteiger partial charge on any atom is -0.493 e. The first-order chi connectivity index (χ1) is 8.27. The largest absolute Gasteiger partial charge is 0.493 e. The summed E-state index contributed by atoms with van der Waals surface area (Å²) in [6.07, 6.45) is 0.653. The highest BCUT2D eigenvalue weighted by atomic mass is 16.5. The van der Waals surface area contributed by atoms with Gasteiger partial charge < -0.3 is 19.0 Å². The molecule has 0 saturated heterocycles. The minimum atomic E-state index is -0.866. The molecule has 0 radical (unpaired) electrons. The van der Waals surface area contributed by atoms with Crippen molar-refractivity contribution in [3.05, 3.63) is 47.9 Å². The predicted octanol–water partition coefficient (Wildman–Crippen LogP) is 2.38. The zero-order valence-electron chi connectivity index (χ0n) is 9.71. The number of hydrogen-bond acceptors (Lipinski definition) is 4. The molecule has 4 heteroatoms. The zero-order valence-corrected chi connectivity index (χ0v) is 9.71.